The smallest absolute Gasteiger partial charge is 0.254 e. The molecule has 2 N–H and O–H groups in total. The van der Waals surface area contributed by atoms with Crippen molar-refractivity contribution in [3.8, 4) is 5.69 Å². The first kappa shape index (κ1) is 16.9. The molecule has 1 atom stereocenters. The quantitative estimate of drug-likeness (QED) is 0.749. The van der Waals surface area contributed by atoms with E-state index in [0.29, 0.717) is 5.56 Å². The van der Waals surface area contributed by atoms with Crippen LogP contribution < -0.4 is 5.32 Å². The SMILES string of the molecule is Cc1ccc(C(O)CNC(=O)c2cnn(-c3ccncc3)c2C)cc1. The third kappa shape index (κ3) is 3.75. The van der Waals surface area contributed by atoms with E-state index in [1.165, 1.54) is 6.20 Å². The molecule has 0 radical (unpaired) electrons. The van der Waals surface area contributed by atoms with Crippen molar-refractivity contribution in [2.24, 2.45) is 0 Å². The Bertz CT molecular complexity index is 857. The Morgan fingerprint density at radius 1 is 1.16 bits per heavy atom. The lowest BCUT2D eigenvalue weighted by Gasteiger charge is -2.12. The largest absolute Gasteiger partial charge is 0.387 e. The van der Waals surface area contributed by atoms with Gasteiger partial charge >= 0.3 is 0 Å². The average molecular weight is 336 g/mol. The first-order chi connectivity index (χ1) is 12.1. The molecule has 0 aliphatic carbocycles. The second-order valence-corrected chi connectivity index (χ2v) is 5.90. The summed E-state index contributed by atoms with van der Waals surface area (Å²) in [7, 11) is 0. The molecule has 0 aliphatic rings. The third-order valence-electron chi connectivity index (χ3n) is 4.08. The summed E-state index contributed by atoms with van der Waals surface area (Å²) in [6, 6.07) is 11.2. The van der Waals surface area contributed by atoms with Crippen LogP contribution in [0.5, 0.6) is 0 Å². The lowest BCUT2D eigenvalue weighted by atomic mass is 10.1. The van der Waals surface area contributed by atoms with Gasteiger partial charge < -0.3 is 10.4 Å². The molecule has 2 aromatic heterocycles. The number of nitrogens with zero attached hydrogens (tertiary/aromatic N) is 3. The number of pyridine rings is 1. The minimum Gasteiger partial charge on any atom is -0.387 e. The summed E-state index contributed by atoms with van der Waals surface area (Å²) < 4.78 is 1.69. The molecule has 0 fully saturated rings. The van der Waals surface area contributed by atoms with Crippen molar-refractivity contribution in [1.29, 1.82) is 0 Å². The molecule has 3 aromatic rings. The highest BCUT2D eigenvalue weighted by atomic mass is 16.3. The third-order valence-corrected chi connectivity index (χ3v) is 4.08. The van der Waals surface area contributed by atoms with Crippen LogP contribution in [0.2, 0.25) is 0 Å². The van der Waals surface area contributed by atoms with E-state index < -0.39 is 6.10 Å². The Kier molecular flexibility index (Phi) is 4.90. The highest BCUT2D eigenvalue weighted by Crippen LogP contribution is 2.15. The monoisotopic (exact) mass is 336 g/mol. The Labute approximate surface area is 146 Å². The predicted octanol–water partition coefficient (Wildman–Crippen LogP) is 2.35. The Morgan fingerprint density at radius 2 is 1.84 bits per heavy atom. The van der Waals surface area contributed by atoms with Crippen LogP contribution in [0.1, 0.15) is 33.3 Å². The second kappa shape index (κ2) is 7.27. The summed E-state index contributed by atoms with van der Waals surface area (Å²) >= 11 is 0. The number of rotatable bonds is 5. The van der Waals surface area contributed by atoms with Gasteiger partial charge in [-0.25, -0.2) is 4.68 Å². The van der Waals surface area contributed by atoms with Gasteiger partial charge in [-0.2, -0.15) is 5.10 Å². The summed E-state index contributed by atoms with van der Waals surface area (Å²) in [6.45, 7) is 3.96. The minimum atomic E-state index is -0.750. The van der Waals surface area contributed by atoms with Crippen LogP contribution in [-0.4, -0.2) is 32.3 Å². The van der Waals surface area contributed by atoms with Crippen LogP contribution in [0.25, 0.3) is 5.69 Å². The zero-order valence-electron chi connectivity index (χ0n) is 14.2. The molecular weight excluding hydrogens is 316 g/mol. The lowest BCUT2D eigenvalue weighted by Crippen LogP contribution is -2.28. The fraction of sp³-hybridized carbons (Fsp3) is 0.211. The van der Waals surface area contributed by atoms with Crippen molar-refractivity contribution < 1.29 is 9.90 Å². The number of nitrogens with one attached hydrogen (secondary N) is 1. The number of carbonyl (C=O) groups is 1. The van der Waals surface area contributed by atoms with Crippen LogP contribution in [-0.2, 0) is 0 Å². The second-order valence-electron chi connectivity index (χ2n) is 5.90. The number of aryl methyl sites for hydroxylation is 1. The predicted molar refractivity (Wildman–Crippen MR) is 94.6 cm³/mol. The van der Waals surface area contributed by atoms with E-state index in [1.54, 1.807) is 17.1 Å². The number of hydrogen-bond acceptors (Lipinski definition) is 4. The molecule has 6 nitrogen and oxygen atoms in total. The normalized spacial score (nSPS) is 12.0. The molecule has 2 heterocycles. The first-order valence-corrected chi connectivity index (χ1v) is 8.04. The molecule has 0 saturated heterocycles. The molecule has 6 heteroatoms. The van der Waals surface area contributed by atoms with Gasteiger partial charge in [0, 0.05) is 18.9 Å². The topological polar surface area (TPSA) is 80.0 Å². The maximum absolute atomic E-state index is 12.4. The molecule has 0 bridgehead atoms. The zero-order valence-corrected chi connectivity index (χ0v) is 14.2. The Balaban J connectivity index is 1.68. The number of carbonyl (C=O) groups excluding carboxylic acids is 1. The van der Waals surface area contributed by atoms with Crippen LogP contribution in [0.3, 0.4) is 0 Å². The summed E-state index contributed by atoms with van der Waals surface area (Å²) in [5, 5.41) is 17.2. The summed E-state index contributed by atoms with van der Waals surface area (Å²) in [5.74, 6) is -0.260. The molecule has 1 amide bonds. The molecule has 1 aromatic carbocycles. The fourth-order valence-corrected chi connectivity index (χ4v) is 2.57. The maximum Gasteiger partial charge on any atom is 0.254 e. The highest BCUT2D eigenvalue weighted by molar-refractivity contribution is 5.95. The molecule has 128 valence electrons. The van der Waals surface area contributed by atoms with Gasteiger partial charge in [-0.05, 0) is 31.5 Å². The number of hydrogen-bond donors (Lipinski definition) is 2. The summed E-state index contributed by atoms with van der Waals surface area (Å²) in [5.41, 5.74) is 3.95. The van der Waals surface area contributed by atoms with Crippen molar-refractivity contribution in [1.82, 2.24) is 20.1 Å². The van der Waals surface area contributed by atoms with Crippen molar-refractivity contribution >= 4 is 5.91 Å². The van der Waals surface area contributed by atoms with Gasteiger partial charge in [0.25, 0.3) is 5.91 Å². The number of aromatic nitrogens is 3. The van der Waals surface area contributed by atoms with E-state index in [9.17, 15) is 9.90 Å². The van der Waals surface area contributed by atoms with E-state index in [1.807, 2.05) is 50.2 Å². The minimum absolute atomic E-state index is 0.141. The standard InChI is InChI=1S/C19H20N4O2/c1-13-3-5-15(6-4-13)18(24)12-21-19(25)17-11-22-23(14(17)2)16-7-9-20-10-8-16/h3-11,18,24H,12H2,1-2H3,(H,21,25). The molecule has 0 spiro atoms. The molecule has 25 heavy (non-hydrogen) atoms. The zero-order chi connectivity index (χ0) is 17.8. The average Bonchev–Trinajstić information content (AvgIpc) is 3.02. The van der Waals surface area contributed by atoms with Gasteiger partial charge in [0.05, 0.1) is 29.2 Å². The summed E-state index contributed by atoms with van der Waals surface area (Å²) in [4.78, 5) is 16.4. The van der Waals surface area contributed by atoms with Gasteiger partial charge in [-0.15, -0.1) is 0 Å². The van der Waals surface area contributed by atoms with E-state index in [0.717, 1.165) is 22.5 Å². The number of aliphatic hydroxyl groups is 1. The van der Waals surface area contributed by atoms with Gasteiger partial charge in [-0.1, -0.05) is 29.8 Å². The van der Waals surface area contributed by atoms with E-state index in [-0.39, 0.29) is 12.5 Å². The molecule has 3 rings (SSSR count). The van der Waals surface area contributed by atoms with Crippen molar-refractivity contribution in [3.63, 3.8) is 0 Å². The van der Waals surface area contributed by atoms with Gasteiger partial charge in [0.1, 0.15) is 0 Å². The molecule has 0 saturated carbocycles. The van der Waals surface area contributed by atoms with Crippen LogP contribution >= 0.6 is 0 Å². The van der Waals surface area contributed by atoms with E-state index in [2.05, 4.69) is 15.4 Å². The van der Waals surface area contributed by atoms with Crippen LogP contribution in [0, 0.1) is 13.8 Å². The maximum atomic E-state index is 12.4. The lowest BCUT2D eigenvalue weighted by molar-refractivity contribution is 0.0915. The number of aliphatic hydroxyl groups excluding tert-OH is 1. The van der Waals surface area contributed by atoms with Crippen LogP contribution in [0.15, 0.2) is 55.0 Å². The molecular formula is C19H20N4O2. The molecule has 0 aliphatic heterocycles. The van der Waals surface area contributed by atoms with Gasteiger partial charge in [0.2, 0.25) is 0 Å². The number of benzene rings is 1. The van der Waals surface area contributed by atoms with Crippen molar-refractivity contribution in [2.45, 2.75) is 20.0 Å². The van der Waals surface area contributed by atoms with E-state index in [4.69, 9.17) is 0 Å². The molecule has 1 unspecified atom stereocenters. The van der Waals surface area contributed by atoms with Gasteiger partial charge in [0.15, 0.2) is 0 Å². The van der Waals surface area contributed by atoms with Gasteiger partial charge in [-0.3, -0.25) is 9.78 Å². The summed E-state index contributed by atoms with van der Waals surface area (Å²) in [6.07, 6.45) is 4.13. The Morgan fingerprint density at radius 3 is 2.52 bits per heavy atom. The van der Waals surface area contributed by atoms with Crippen molar-refractivity contribution in [2.75, 3.05) is 6.54 Å². The first-order valence-electron chi connectivity index (χ1n) is 8.04. The Hall–Kier alpha value is -2.99. The van der Waals surface area contributed by atoms with E-state index >= 15 is 0 Å². The highest BCUT2D eigenvalue weighted by Gasteiger charge is 2.16. The fourth-order valence-electron chi connectivity index (χ4n) is 2.57. The van der Waals surface area contributed by atoms with Crippen molar-refractivity contribution in [3.05, 3.63) is 77.4 Å². The van der Waals surface area contributed by atoms with Crippen LogP contribution in [0.4, 0.5) is 0 Å². The number of amides is 1.